The number of piperazine rings is 1. The molecule has 110 valence electrons. The number of hydrogen-bond donors (Lipinski definition) is 1. The van der Waals surface area contributed by atoms with Crippen molar-refractivity contribution in [2.24, 2.45) is 0 Å². The van der Waals surface area contributed by atoms with E-state index in [4.69, 9.17) is 0 Å². The Kier molecular flexibility index (Phi) is 4.68. The first-order valence-corrected chi connectivity index (χ1v) is 9.02. The van der Waals surface area contributed by atoms with Gasteiger partial charge in [-0.25, -0.2) is 0 Å². The lowest BCUT2D eigenvalue weighted by atomic mass is 9.78. The smallest absolute Gasteiger partial charge is 0.0340 e. The second kappa shape index (κ2) is 6.32. The first-order valence-electron chi connectivity index (χ1n) is 7.94. The molecule has 20 heavy (non-hydrogen) atoms. The highest BCUT2D eigenvalue weighted by atomic mass is 127. The Morgan fingerprint density at radius 2 is 1.85 bits per heavy atom. The van der Waals surface area contributed by atoms with Crippen LogP contribution in [-0.4, -0.2) is 30.1 Å². The van der Waals surface area contributed by atoms with Crippen LogP contribution < -0.4 is 5.32 Å². The number of nitrogens with one attached hydrogen (secondary N) is 1. The molecule has 3 rings (SSSR count). The first-order chi connectivity index (χ1) is 9.71. The van der Waals surface area contributed by atoms with Gasteiger partial charge in [-0.05, 0) is 60.1 Å². The molecule has 1 N–H and O–H groups in total. The molecule has 1 aromatic rings. The van der Waals surface area contributed by atoms with E-state index in [1.54, 1.807) is 0 Å². The third-order valence-corrected chi connectivity index (χ3v) is 5.92. The summed E-state index contributed by atoms with van der Waals surface area (Å²) in [7, 11) is 0. The number of hydrogen-bond acceptors (Lipinski definition) is 2. The first kappa shape index (κ1) is 14.8. The summed E-state index contributed by atoms with van der Waals surface area (Å²) in [6.45, 7) is 5.90. The van der Waals surface area contributed by atoms with Crippen molar-refractivity contribution in [2.75, 3.05) is 19.6 Å². The molecule has 0 aromatic heterocycles. The van der Waals surface area contributed by atoms with Gasteiger partial charge in [0.1, 0.15) is 0 Å². The van der Waals surface area contributed by atoms with Crippen LogP contribution in [0.25, 0.3) is 0 Å². The van der Waals surface area contributed by atoms with Crippen molar-refractivity contribution in [3.8, 4) is 0 Å². The fourth-order valence-corrected chi connectivity index (χ4v) is 4.42. The van der Waals surface area contributed by atoms with Gasteiger partial charge in [-0.2, -0.15) is 0 Å². The highest BCUT2D eigenvalue weighted by Crippen LogP contribution is 2.39. The quantitative estimate of drug-likeness (QED) is 0.777. The zero-order chi connectivity index (χ0) is 14.0. The van der Waals surface area contributed by atoms with Gasteiger partial charge in [0, 0.05) is 34.8 Å². The van der Waals surface area contributed by atoms with Crippen LogP contribution in [0.5, 0.6) is 0 Å². The van der Waals surface area contributed by atoms with Gasteiger partial charge in [0.25, 0.3) is 0 Å². The molecule has 0 radical (unpaired) electrons. The maximum absolute atomic E-state index is 3.65. The van der Waals surface area contributed by atoms with Crippen LogP contribution in [0.1, 0.15) is 50.6 Å². The van der Waals surface area contributed by atoms with E-state index < -0.39 is 0 Å². The standard InChI is InChI=1S/C17H25IN2/c1-14(15-5-7-16(18)8-6-15)20-12-11-19-13-17(20)9-3-2-4-10-17/h5-8,14,19H,2-4,9-13H2,1H3. The third-order valence-electron chi connectivity index (χ3n) is 5.20. The Morgan fingerprint density at radius 3 is 2.55 bits per heavy atom. The van der Waals surface area contributed by atoms with E-state index in [2.05, 4.69) is 64.0 Å². The van der Waals surface area contributed by atoms with Crippen molar-refractivity contribution >= 4 is 22.6 Å². The second-order valence-electron chi connectivity index (χ2n) is 6.38. The van der Waals surface area contributed by atoms with Crippen molar-refractivity contribution < 1.29 is 0 Å². The molecule has 1 aromatic carbocycles. The summed E-state index contributed by atoms with van der Waals surface area (Å²) in [6, 6.07) is 9.63. The van der Waals surface area contributed by atoms with Gasteiger partial charge in [0.15, 0.2) is 0 Å². The van der Waals surface area contributed by atoms with Gasteiger partial charge >= 0.3 is 0 Å². The summed E-state index contributed by atoms with van der Waals surface area (Å²) in [4.78, 5) is 2.80. The summed E-state index contributed by atoms with van der Waals surface area (Å²) in [5, 5.41) is 3.65. The van der Waals surface area contributed by atoms with E-state index in [0.29, 0.717) is 11.6 Å². The zero-order valence-corrected chi connectivity index (χ0v) is 14.5. The lowest BCUT2D eigenvalue weighted by Crippen LogP contribution is -2.62. The highest BCUT2D eigenvalue weighted by Gasteiger charge is 2.41. The average Bonchev–Trinajstić information content (AvgIpc) is 2.49. The minimum Gasteiger partial charge on any atom is -0.314 e. The number of nitrogens with zero attached hydrogens (tertiary/aromatic N) is 1. The van der Waals surface area contributed by atoms with Crippen molar-refractivity contribution in [3.05, 3.63) is 33.4 Å². The van der Waals surface area contributed by atoms with E-state index >= 15 is 0 Å². The molecule has 1 aliphatic carbocycles. The largest absolute Gasteiger partial charge is 0.314 e. The fraction of sp³-hybridized carbons (Fsp3) is 0.647. The number of rotatable bonds is 2. The Labute approximate surface area is 136 Å². The van der Waals surface area contributed by atoms with Crippen molar-refractivity contribution in [2.45, 2.75) is 50.6 Å². The monoisotopic (exact) mass is 384 g/mol. The van der Waals surface area contributed by atoms with E-state index in [1.165, 1.54) is 54.3 Å². The van der Waals surface area contributed by atoms with Gasteiger partial charge in [-0.3, -0.25) is 4.90 Å². The van der Waals surface area contributed by atoms with Crippen molar-refractivity contribution in [1.29, 1.82) is 0 Å². The molecule has 2 aliphatic rings. The Bertz CT molecular complexity index is 429. The Morgan fingerprint density at radius 1 is 1.15 bits per heavy atom. The lowest BCUT2D eigenvalue weighted by molar-refractivity contribution is -0.00279. The maximum Gasteiger partial charge on any atom is 0.0340 e. The maximum atomic E-state index is 3.65. The van der Waals surface area contributed by atoms with Crippen LogP contribution >= 0.6 is 22.6 Å². The molecule has 1 atom stereocenters. The molecule has 1 unspecified atom stereocenters. The van der Waals surface area contributed by atoms with E-state index in [-0.39, 0.29) is 0 Å². The predicted octanol–water partition coefficient (Wildman–Crippen LogP) is 3.96. The van der Waals surface area contributed by atoms with E-state index in [9.17, 15) is 0 Å². The van der Waals surface area contributed by atoms with Crippen LogP contribution in [0.2, 0.25) is 0 Å². The molecule has 1 aliphatic heterocycles. The molecule has 1 saturated carbocycles. The van der Waals surface area contributed by atoms with Crippen LogP contribution in [0.4, 0.5) is 0 Å². The molecule has 0 bridgehead atoms. The molecular weight excluding hydrogens is 359 g/mol. The zero-order valence-electron chi connectivity index (χ0n) is 12.4. The molecule has 0 amide bonds. The molecule has 1 spiro atoms. The molecule has 2 nitrogen and oxygen atoms in total. The Hall–Kier alpha value is -0.130. The minimum absolute atomic E-state index is 0.416. The summed E-state index contributed by atoms with van der Waals surface area (Å²) in [6.07, 6.45) is 6.96. The van der Waals surface area contributed by atoms with Crippen LogP contribution in [0.15, 0.2) is 24.3 Å². The molecule has 1 saturated heterocycles. The molecule has 2 fully saturated rings. The SMILES string of the molecule is CC(c1ccc(I)cc1)N1CCNCC12CCCCC2. The van der Waals surface area contributed by atoms with E-state index in [0.717, 1.165) is 6.54 Å². The number of halogens is 1. The summed E-state index contributed by atoms with van der Waals surface area (Å²) in [5.74, 6) is 0. The van der Waals surface area contributed by atoms with Gasteiger partial charge in [0.2, 0.25) is 0 Å². The summed E-state index contributed by atoms with van der Waals surface area (Å²) < 4.78 is 1.33. The van der Waals surface area contributed by atoms with Crippen molar-refractivity contribution in [1.82, 2.24) is 10.2 Å². The van der Waals surface area contributed by atoms with Gasteiger partial charge in [0.05, 0.1) is 0 Å². The third kappa shape index (κ3) is 2.90. The molecular formula is C17H25IN2. The molecule has 3 heteroatoms. The predicted molar refractivity (Wildman–Crippen MR) is 93.0 cm³/mol. The lowest BCUT2D eigenvalue weighted by Gasteiger charge is -2.52. The molecule has 1 heterocycles. The minimum atomic E-state index is 0.416. The van der Waals surface area contributed by atoms with Crippen LogP contribution in [0, 0.1) is 3.57 Å². The fourth-order valence-electron chi connectivity index (χ4n) is 4.06. The van der Waals surface area contributed by atoms with E-state index in [1.807, 2.05) is 0 Å². The van der Waals surface area contributed by atoms with Crippen molar-refractivity contribution in [3.63, 3.8) is 0 Å². The topological polar surface area (TPSA) is 15.3 Å². The van der Waals surface area contributed by atoms with Gasteiger partial charge in [-0.15, -0.1) is 0 Å². The van der Waals surface area contributed by atoms with Crippen LogP contribution in [0.3, 0.4) is 0 Å². The second-order valence-corrected chi connectivity index (χ2v) is 7.63. The average molecular weight is 384 g/mol. The summed E-state index contributed by atoms with van der Waals surface area (Å²) in [5.41, 5.74) is 1.89. The number of benzene rings is 1. The summed E-state index contributed by atoms with van der Waals surface area (Å²) >= 11 is 2.39. The normalized spacial score (nSPS) is 24.7. The van der Waals surface area contributed by atoms with Gasteiger partial charge in [-0.1, -0.05) is 31.4 Å². The van der Waals surface area contributed by atoms with Crippen LogP contribution in [-0.2, 0) is 0 Å². The Balaban J connectivity index is 1.83. The highest BCUT2D eigenvalue weighted by molar-refractivity contribution is 14.1. The van der Waals surface area contributed by atoms with Gasteiger partial charge < -0.3 is 5.32 Å².